The number of halogens is 1. The van der Waals surface area contributed by atoms with Crippen molar-refractivity contribution in [3.8, 4) is 22.1 Å². The van der Waals surface area contributed by atoms with E-state index in [1.807, 2.05) is 18.3 Å². The number of aromatic nitrogens is 2. The monoisotopic (exact) mass is 569 g/mol. The maximum Gasteiger partial charge on any atom is 0.227 e. The van der Waals surface area contributed by atoms with E-state index >= 15 is 0 Å². The van der Waals surface area contributed by atoms with Crippen LogP contribution in [-0.2, 0) is 17.8 Å². The van der Waals surface area contributed by atoms with Gasteiger partial charge in [0, 0.05) is 64.0 Å². The molecule has 4 aromatic rings. The van der Waals surface area contributed by atoms with Crippen LogP contribution in [-0.4, -0.2) is 64.8 Å². The number of hydrogen-bond donors (Lipinski definition) is 0. The second kappa shape index (κ2) is 12.4. The number of ether oxygens (including phenoxy) is 1. The van der Waals surface area contributed by atoms with Crippen molar-refractivity contribution in [2.75, 3.05) is 39.3 Å². The average Bonchev–Trinajstić information content (AvgIpc) is 3.68. The first-order chi connectivity index (χ1) is 20.0. The molecule has 0 bridgehead atoms. The van der Waals surface area contributed by atoms with Gasteiger partial charge in [0.25, 0.3) is 0 Å². The van der Waals surface area contributed by atoms with E-state index in [1.54, 1.807) is 24.4 Å². The van der Waals surface area contributed by atoms with Gasteiger partial charge in [-0.1, -0.05) is 12.1 Å². The molecule has 1 aromatic carbocycles. The highest BCUT2D eigenvalue weighted by Gasteiger charge is 2.24. The van der Waals surface area contributed by atoms with Crippen molar-refractivity contribution >= 4 is 27.3 Å². The minimum absolute atomic E-state index is 0.126. The third-order valence-electron chi connectivity index (χ3n) is 7.68. The Balaban J connectivity index is 1.10. The normalized spacial score (nSPS) is 16.1. The summed E-state index contributed by atoms with van der Waals surface area (Å²) in [6, 6.07) is 12.7. The third-order valence-corrected chi connectivity index (χ3v) is 8.84. The Morgan fingerprint density at radius 1 is 1.02 bits per heavy atom. The van der Waals surface area contributed by atoms with E-state index in [1.165, 1.54) is 23.0 Å². The summed E-state index contributed by atoms with van der Waals surface area (Å²) in [5.74, 6) is 0.874. The Morgan fingerprint density at radius 3 is 2.56 bits per heavy atom. The number of ketones is 1. The number of thiophene rings is 1. The first kappa shape index (κ1) is 27.5. The van der Waals surface area contributed by atoms with Crippen molar-refractivity contribution in [3.05, 3.63) is 83.2 Å². The molecule has 1 saturated carbocycles. The van der Waals surface area contributed by atoms with Crippen LogP contribution in [0.4, 0.5) is 4.39 Å². The van der Waals surface area contributed by atoms with Gasteiger partial charge in [0.15, 0.2) is 11.6 Å². The molecule has 0 N–H and O–H groups in total. The molecular formula is C32H32FN5O2S. The molecule has 41 heavy (non-hydrogen) atoms. The van der Waals surface area contributed by atoms with E-state index < -0.39 is 5.82 Å². The largest absolute Gasteiger partial charge is 0.453 e. The smallest absolute Gasteiger partial charge is 0.227 e. The number of rotatable bonds is 11. The fourth-order valence-corrected chi connectivity index (χ4v) is 6.25. The number of piperazine rings is 1. The molecule has 9 heteroatoms. The van der Waals surface area contributed by atoms with Gasteiger partial charge in [-0.05, 0) is 54.2 Å². The van der Waals surface area contributed by atoms with Crippen molar-refractivity contribution in [1.82, 2.24) is 19.8 Å². The second-order valence-corrected chi connectivity index (χ2v) is 12.0. The molecule has 1 saturated heterocycles. The highest BCUT2D eigenvalue weighted by atomic mass is 32.1. The fourth-order valence-electron chi connectivity index (χ4n) is 5.21. The maximum atomic E-state index is 14.9. The van der Waals surface area contributed by atoms with Gasteiger partial charge >= 0.3 is 0 Å². The van der Waals surface area contributed by atoms with Crippen molar-refractivity contribution in [3.63, 3.8) is 0 Å². The number of Topliss-reactive ketones (excluding diaryl/α,β-unsaturated/α-hetero) is 1. The molecule has 1 aliphatic carbocycles. The lowest BCUT2D eigenvalue weighted by atomic mass is 10.0. The summed E-state index contributed by atoms with van der Waals surface area (Å²) in [7, 11) is 0. The van der Waals surface area contributed by atoms with Crippen molar-refractivity contribution in [1.29, 1.82) is 0 Å². The lowest BCUT2D eigenvalue weighted by Gasteiger charge is -2.33. The zero-order valence-electron chi connectivity index (χ0n) is 22.9. The second-order valence-electron chi connectivity index (χ2n) is 10.9. The molecule has 0 atom stereocenters. The Labute approximate surface area is 243 Å². The molecule has 4 heterocycles. The van der Waals surface area contributed by atoms with Crippen LogP contribution in [0.1, 0.15) is 30.4 Å². The van der Waals surface area contributed by atoms with Crippen molar-refractivity contribution in [2.24, 2.45) is 5.92 Å². The Morgan fingerprint density at radius 2 is 1.83 bits per heavy atom. The molecule has 0 amide bonds. The van der Waals surface area contributed by atoms with E-state index in [2.05, 4.69) is 25.7 Å². The molecule has 3 aromatic heterocycles. The average molecular weight is 570 g/mol. The van der Waals surface area contributed by atoms with Gasteiger partial charge in [-0.2, -0.15) is 0 Å². The topological polar surface area (TPSA) is 62.9 Å². The van der Waals surface area contributed by atoms with E-state index in [0.29, 0.717) is 30.2 Å². The highest BCUT2D eigenvalue weighted by Crippen LogP contribution is 2.39. The number of pyridine rings is 2. The number of carbonyl (C=O) groups excluding carboxylic acids is 1. The molecule has 2 fully saturated rings. The number of nitrogens with zero attached hydrogens (tertiary/aromatic N) is 5. The maximum absolute atomic E-state index is 14.9. The van der Waals surface area contributed by atoms with Gasteiger partial charge in [-0.25, -0.2) is 11.0 Å². The Kier molecular flexibility index (Phi) is 8.33. The first-order valence-electron chi connectivity index (χ1n) is 14.1. The summed E-state index contributed by atoms with van der Waals surface area (Å²) < 4.78 is 21.8. The van der Waals surface area contributed by atoms with Crippen LogP contribution >= 0.6 is 11.3 Å². The van der Waals surface area contributed by atoms with Crippen LogP contribution in [0.3, 0.4) is 0 Å². The minimum atomic E-state index is -0.481. The molecule has 0 spiro atoms. The number of benzene rings is 1. The predicted octanol–water partition coefficient (Wildman–Crippen LogP) is 6.24. The first-order valence-corrected chi connectivity index (χ1v) is 15.0. The van der Waals surface area contributed by atoms with Gasteiger partial charge in [0.05, 0.1) is 27.3 Å². The third kappa shape index (κ3) is 6.96. The SMILES string of the molecule is [C-]#[N+]CCN1CCN(Cc2ccc(-c3cc4nccc(Oc5ccc(CC(=O)CC6CC6)cc5F)c4s3)nc2)CC1. The number of carbonyl (C=O) groups is 1. The van der Waals surface area contributed by atoms with Crippen molar-refractivity contribution < 1.29 is 13.9 Å². The van der Waals surface area contributed by atoms with E-state index in [4.69, 9.17) is 16.3 Å². The Hall–Kier alpha value is -3.71. The summed E-state index contributed by atoms with van der Waals surface area (Å²) in [4.78, 5) is 30.6. The van der Waals surface area contributed by atoms with Gasteiger partial charge in [0.1, 0.15) is 11.5 Å². The van der Waals surface area contributed by atoms with Gasteiger partial charge in [0.2, 0.25) is 6.54 Å². The lowest BCUT2D eigenvalue weighted by Crippen LogP contribution is -2.46. The lowest BCUT2D eigenvalue weighted by molar-refractivity contribution is -0.118. The quantitative estimate of drug-likeness (QED) is 0.199. The summed E-state index contributed by atoms with van der Waals surface area (Å²) >= 11 is 1.52. The molecule has 2 aliphatic rings. The molecular weight excluding hydrogens is 537 g/mol. The fraction of sp³-hybridized carbons (Fsp3) is 0.375. The summed E-state index contributed by atoms with van der Waals surface area (Å²) in [5.41, 5.74) is 3.47. The minimum Gasteiger partial charge on any atom is -0.453 e. The van der Waals surface area contributed by atoms with Crippen LogP contribution in [0, 0.1) is 18.3 Å². The van der Waals surface area contributed by atoms with Crippen LogP contribution in [0.25, 0.3) is 25.6 Å². The van der Waals surface area contributed by atoms with Gasteiger partial charge in [-0.3, -0.25) is 24.6 Å². The zero-order valence-corrected chi connectivity index (χ0v) is 23.7. The van der Waals surface area contributed by atoms with E-state index in [0.717, 1.165) is 72.9 Å². The zero-order chi connectivity index (χ0) is 28.2. The summed E-state index contributed by atoms with van der Waals surface area (Å²) in [6.07, 6.45) is 6.70. The molecule has 6 rings (SSSR count). The predicted molar refractivity (Wildman–Crippen MR) is 159 cm³/mol. The van der Waals surface area contributed by atoms with Crippen LogP contribution in [0.2, 0.25) is 0 Å². The van der Waals surface area contributed by atoms with Crippen molar-refractivity contribution in [2.45, 2.75) is 32.2 Å². The molecule has 1 aliphatic heterocycles. The van der Waals surface area contributed by atoms with E-state index in [9.17, 15) is 9.18 Å². The van der Waals surface area contributed by atoms with Crippen LogP contribution < -0.4 is 4.74 Å². The summed E-state index contributed by atoms with van der Waals surface area (Å²) in [5, 5.41) is 0. The molecule has 0 unspecified atom stereocenters. The van der Waals surface area contributed by atoms with E-state index in [-0.39, 0.29) is 18.0 Å². The van der Waals surface area contributed by atoms with Crippen LogP contribution in [0.5, 0.6) is 11.5 Å². The van der Waals surface area contributed by atoms with Crippen LogP contribution in [0.15, 0.2) is 54.9 Å². The standard InChI is InChI=1S/C32H32FN5O2S/c1-34-10-11-37-12-14-38(15-13-37)21-24-4-6-27(36-20-24)31-19-28-32(41-31)30(8-9-35-28)40-29-7-5-23(18-26(29)33)17-25(39)16-22-2-3-22/h4-9,18-20,22H,2-3,10-17,21H2. The van der Waals surface area contributed by atoms with Gasteiger partial charge in [-0.15, -0.1) is 11.3 Å². The summed E-state index contributed by atoms with van der Waals surface area (Å²) in [6.45, 7) is 13.2. The number of fused-ring (bicyclic) bond motifs is 1. The van der Waals surface area contributed by atoms with Gasteiger partial charge < -0.3 is 9.58 Å². The Bertz CT molecular complexity index is 1570. The molecule has 0 radical (unpaired) electrons. The molecule has 210 valence electrons. The molecule has 7 nitrogen and oxygen atoms in total. The number of hydrogen-bond acceptors (Lipinski definition) is 7. The highest BCUT2D eigenvalue weighted by molar-refractivity contribution is 7.22.